The SMILES string of the molecule is CC1(C)C=C(c2ccncc2)c2cc(NS(=O)(=O)c3ccccc3)ccc2O1. The summed E-state index contributed by atoms with van der Waals surface area (Å²) in [6, 6.07) is 17.5. The molecule has 2 heterocycles. The lowest BCUT2D eigenvalue weighted by Gasteiger charge is -2.31. The van der Waals surface area contributed by atoms with E-state index >= 15 is 0 Å². The highest BCUT2D eigenvalue weighted by Gasteiger charge is 2.28. The Morgan fingerprint density at radius 3 is 2.39 bits per heavy atom. The van der Waals surface area contributed by atoms with Gasteiger partial charge in [-0.2, -0.15) is 0 Å². The predicted molar refractivity (Wildman–Crippen MR) is 110 cm³/mol. The number of sulfonamides is 1. The number of hydrogen-bond acceptors (Lipinski definition) is 4. The third-order valence-corrected chi connectivity index (χ3v) is 5.83. The van der Waals surface area contributed by atoms with Crippen LogP contribution in [-0.2, 0) is 10.0 Å². The fourth-order valence-electron chi connectivity index (χ4n) is 3.22. The molecule has 0 radical (unpaired) electrons. The summed E-state index contributed by atoms with van der Waals surface area (Å²) in [4.78, 5) is 4.30. The van der Waals surface area contributed by atoms with Crippen molar-refractivity contribution in [3.8, 4) is 5.75 Å². The summed E-state index contributed by atoms with van der Waals surface area (Å²) in [5.41, 5.74) is 2.81. The highest BCUT2D eigenvalue weighted by atomic mass is 32.2. The van der Waals surface area contributed by atoms with Gasteiger partial charge in [0.25, 0.3) is 10.0 Å². The van der Waals surface area contributed by atoms with Crippen LogP contribution in [0.3, 0.4) is 0 Å². The zero-order valence-corrected chi connectivity index (χ0v) is 16.4. The van der Waals surface area contributed by atoms with Gasteiger partial charge < -0.3 is 4.74 Å². The Morgan fingerprint density at radius 1 is 0.964 bits per heavy atom. The van der Waals surface area contributed by atoms with Gasteiger partial charge in [0.1, 0.15) is 11.4 Å². The van der Waals surface area contributed by atoms with E-state index in [-0.39, 0.29) is 4.90 Å². The Labute approximate surface area is 164 Å². The maximum absolute atomic E-state index is 12.7. The summed E-state index contributed by atoms with van der Waals surface area (Å²) in [5, 5.41) is 0. The van der Waals surface area contributed by atoms with Gasteiger partial charge in [-0.15, -0.1) is 0 Å². The molecule has 1 aliphatic heterocycles. The van der Waals surface area contributed by atoms with Crippen LogP contribution in [-0.4, -0.2) is 19.0 Å². The van der Waals surface area contributed by atoms with Crippen molar-refractivity contribution in [1.82, 2.24) is 4.98 Å². The Balaban J connectivity index is 1.76. The van der Waals surface area contributed by atoms with Crippen LogP contribution in [0.5, 0.6) is 5.75 Å². The third kappa shape index (κ3) is 3.64. The number of aromatic nitrogens is 1. The first-order valence-corrected chi connectivity index (χ1v) is 10.4. The molecule has 6 heteroatoms. The number of ether oxygens (including phenoxy) is 1. The van der Waals surface area contributed by atoms with Crippen LogP contribution in [0.4, 0.5) is 5.69 Å². The van der Waals surface area contributed by atoms with E-state index in [4.69, 9.17) is 4.74 Å². The maximum atomic E-state index is 12.7. The van der Waals surface area contributed by atoms with Crippen LogP contribution < -0.4 is 9.46 Å². The first-order chi connectivity index (χ1) is 13.3. The average molecular weight is 392 g/mol. The lowest BCUT2D eigenvalue weighted by molar-refractivity contribution is 0.158. The molecule has 0 atom stereocenters. The Morgan fingerprint density at radius 2 is 1.68 bits per heavy atom. The average Bonchev–Trinajstić information content (AvgIpc) is 2.68. The summed E-state index contributed by atoms with van der Waals surface area (Å²) >= 11 is 0. The summed E-state index contributed by atoms with van der Waals surface area (Å²) in [5.74, 6) is 0.710. The van der Waals surface area contributed by atoms with Crippen LogP contribution in [0.15, 0.2) is 84.0 Å². The van der Waals surface area contributed by atoms with E-state index in [0.717, 1.165) is 16.7 Å². The van der Waals surface area contributed by atoms with E-state index in [1.165, 1.54) is 0 Å². The first-order valence-electron chi connectivity index (χ1n) is 8.89. The zero-order chi connectivity index (χ0) is 19.8. The van der Waals surface area contributed by atoms with Crippen molar-refractivity contribution in [3.63, 3.8) is 0 Å². The normalized spacial score (nSPS) is 15.1. The molecule has 0 amide bonds. The summed E-state index contributed by atoms with van der Waals surface area (Å²) in [6.45, 7) is 3.98. The molecule has 28 heavy (non-hydrogen) atoms. The second-order valence-corrected chi connectivity index (χ2v) is 8.81. The van der Waals surface area contributed by atoms with Gasteiger partial charge in [0, 0.05) is 23.6 Å². The standard InChI is InChI=1S/C22H20N2O3S/c1-22(2)15-20(16-10-12-23-13-11-16)19-14-17(8-9-21(19)27-22)24-28(25,26)18-6-4-3-5-7-18/h3-15,24H,1-2H3. The number of fused-ring (bicyclic) bond motifs is 1. The molecule has 142 valence electrons. The molecule has 4 rings (SSSR count). The highest BCUT2D eigenvalue weighted by molar-refractivity contribution is 7.92. The van der Waals surface area contributed by atoms with Gasteiger partial charge in [-0.25, -0.2) is 8.42 Å². The zero-order valence-electron chi connectivity index (χ0n) is 15.6. The molecule has 0 saturated carbocycles. The molecule has 3 aromatic rings. The van der Waals surface area contributed by atoms with Crippen LogP contribution in [0.2, 0.25) is 0 Å². The van der Waals surface area contributed by atoms with Crippen LogP contribution in [0, 0.1) is 0 Å². The van der Waals surface area contributed by atoms with Crippen molar-refractivity contribution in [2.75, 3.05) is 4.72 Å². The first kappa shape index (κ1) is 18.3. The van der Waals surface area contributed by atoms with E-state index in [0.29, 0.717) is 11.4 Å². The smallest absolute Gasteiger partial charge is 0.261 e. The molecule has 0 saturated heterocycles. The molecule has 2 aromatic carbocycles. The van der Waals surface area contributed by atoms with Gasteiger partial charge in [-0.05, 0) is 73.5 Å². The lowest BCUT2D eigenvalue weighted by atomic mass is 9.90. The number of anilines is 1. The van der Waals surface area contributed by atoms with Crippen molar-refractivity contribution < 1.29 is 13.2 Å². The molecule has 0 spiro atoms. The minimum atomic E-state index is -3.67. The number of benzene rings is 2. The maximum Gasteiger partial charge on any atom is 0.261 e. The van der Waals surface area contributed by atoms with E-state index in [2.05, 4.69) is 9.71 Å². The van der Waals surface area contributed by atoms with Gasteiger partial charge in [-0.1, -0.05) is 18.2 Å². The monoisotopic (exact) mass is 392 g/mol. The molecule has 0 aliphatic carbocycles. The molecular weight excluding hydrogens is 372 g/mol. The summed E-state index contributed by atoms with van der Waals surface area (Å²) < 4.78 is 34.0. The quantitative estimate of drug-likeness (QED) is 0.711. The molecular formula is C22H20N2O3S. The van der Waals surface area contributed by atoms with Crippen molar-refractivity contribution in [2.45, 2.75) is 24.3 Å². The number of nitrogens with zero attached hydrogens (tertiary/aromatic N) is 1. The topological polar surface area (TPSA) is 68.3 Å². The fraction of sp³-hybridized carbons (Fsp3) is 0.136. The molecule has 0 fully saturated rings. The van der Waals surface area contributed by atoms with Gasteiger partial charge in [-0.3, -0.25) is 9.71 Å². The Hall–Kier alpha value is -3.12. The largest absolute Gasteiger partial charge is 0.483 e. The second kappa shape index (κ2) is 6.80. The number of hydrogen-bond donors (Lipinski definition) is 1. The van der Waals surface area contributed by atoms with Gasteiger partial charge >= 0.3 is 0 Å². The molecule has 1 aromatic heterocycles. The molecule has 1 N–H and O–H groups in total. The van der Waals surface area contributed by atoms with Gasteiger partial charge in [0.05, 0.1) is 4.90 Å². The van der Waals surface area contributed by atoms with E-state index in [1.807, 2.05) is 32.1 Å². The third-order valence-electron chi connectivity index (χ3n) is 4.43. The second-order valence-electron chi connectivity index (χ2n) is 7.13. The predicted octanol–water partition coefficient (Wildman–Crippen LogP) is 4.49. The Kier molecular flexibility index (Phi) is 4.43. The summed E-state index contributed by atoms with van der Waals surface area (Å²) in [7, 11) is -3.67. The van der Waals surface area contributed by atoms with Crippen LogP contribution in [0.1, 0.15) is 25.0 Å². The number of rotatable bonds is 4. The fourth-order valence-corrected chi connectivity index (χ4v) is 4.29. The number of pyridine rings is 1. The van der Waals surface area contributed by atoms with Crippen molar-refractivity contribution in [1.29, 1.82) is 0 Å². The Bertz CT molecular complexity index is 1140. The minimum absolute atomic E-state index is 0.218. The summed E-state index contributed by atoms with van der Waals surface area (Å²) in [6.07, 6.45) is 5.51. The van der Waals surface area contributed by atoms with Crippen molar-refractivity contribution in [2.24, 2.45) is 0 Å². The van der Waals surface area contributed by atoms with E-state index in [1.54, 1.807) is 60.9 Å². The molecule has 0 bridgehead atoms. The van der Waals surface area contributed by atoms with Crippen LogP contribution in [0.25, 0.3) is 5.57 Å². The molecule has 1 aliphatic rings. The van der Waals surface area contributed by atoms with Gasteiger partial charge in [0.2, 0.25) is 0 Å². The van der Waals surface area contributed by atoms with Crippen molar-refractivity contribution in [3.05, 3.63) is 90.3 Å². The molecule has 0 unspecified atom stereocenters. The highest BCUT2D eigenvalue weighted by Crippen LogP contribution is 2.40. The number of nitrogens with one attached hydrogen (secondary N) is 1. The van der Waals surface area contributed by atoms with Crippen LogP contribution >= 0.6 is 0 Å². The van der Waals surface area contributed by atoms with Crippen molar-refractivity contribution >= 4 is 21.3 Å². The lowest BCUT2D eigenvalue weighted by Crippen LogP contribution is -2.29. The molecule has 5 nitrogen and oxygen atoms in total. The van der Waals surface area contributed by atoms with Gasteiger partial charge in [0.15, 0.2) is 0 Å². The minimum Gasteiger partial charge on any atom is -0.483 e. The van der Waals surface area contributed by atoms with E-state index in [9.17, 15) is 8.42 Å². The van der Waals surface area contributed by atoms with E-state index < -0.39 is 15.6 Å².